The Morgan fingerprint density at radius 2 is 2.21 bits per heavy atom. The average molecular weight is 223 g/mol. The summed E-state index contributed by atoms with van der Waals surface area (Å²) < 4.78 is 24.6. The van der Waals surface area contributed by atoms with E-state index in [1.807, 2.05) is 0 Å². The molecule has 0 bridgehead atoms. The summed E-state index contributed by atoms with van der Waals surface area (Å²) in [6.07, 6.45) is -2.25. The van der Waals surface area contributed by atoms with Gasteiger partial charge in [0.15, 0.2) is 5.15 Å². The molecule has 0 unspecified atom stereocenters. The lowest BCUT2D eigenvalue weighted by atomic mass is 10.1. The van der Waals surface area contributed by atoms with E-state index >= 15 is 0 Å². The van der Waals surface area contributed by atoms with E-state index in [4.69, 9.17) is 22.4 Å². The van der Waals surface area contributed by atoms with Gasteiger partial charge in [-0.2, -0.15) is 0 Å². The van der Waals surface area contributed by atoms with Crippen molar-refractivity contribution in [2.24, 2.45) is 0 Å². The standard InChI is InChI=1S/C7H5ClF2N2O2/c8-5-4(11)3(7(13)14)2(1-12-5)6(9)10/h1,6H,11H2,(H,13,14). The largest absolute Gasteiger partial charge is 0.478 e. The van der Waals surface area contributed by atoms with E-state index in [1.165, 1.54) is 0 Å². The first-order valence-electron chi connectivity index (χ1n) is 3.40. The minimum absolute atomic E-state index is 0.299. The van der Waals surface area contributed by atoms with E-state index in [2.05, 4.69) is 4.98 Å². The second-order valence-corrected chi connectivity index (χ2v) is 2.76. The zero-order valence-electron chi connectivity index (χ0n) is 6.67. The number of hydrogen-bond donors (Lipinski definition) is 2. The van der Waals surface area contributed by atoms with Crippen molar-refractivity contribution in [2.75, 3.05) is 5.73 Å². The van der Waals surface area contributed by atoms with Crippen molar-refractivity contribution in [1.82, 2.24) is 4.98 Å². The fourth-order valence-corrected chi connectivity index (χ4v) is 1.07. The first kappa shape index (κ1) is 10.6. The number of nitrogen functional groups attached to an aromatic ring is 1. The van der Waals surface area contributed by atoms with Crippen molar-refractivity contribution in [1.29, 1.82) is 0 Å². The number of carboxylic acid groups (broad SMARTS) is 1. The van der Waals surface area contributed by atoms with Gasteiger partial charge in [0.2, 0.25) is 0 Å². The fourth-order valence-electron chi connectivity index (χ4n) is 0.923. The van der Waals surface area contributed by atoms with Gasteiger partial charge in [-0.25, -0.2) is 18.6 Å². The number of nitrogens with zero attached hydrogens (tertiary/aromatic N) is 1. The Morgan fingerprint density at radius 3 is 2.64 bits per heavy atom. The maximum absolute atomic E-state index is 12.3. The number of nitrogens with two attached hydrogens (primary N) is 1. The van der Waals surface area contributed by atoms with Crippen molar-refractivity contribution in [2.45, 2.75) is 6.43 Å². The highest BCUT2D eigenvalue weighted by atomic mass is 35.5. The molecule has 7 heteroatoms. The van der Waals surface area contributed by atoms with Crippen molar-refractivity contribution in [3.63, 3.8) is 0 Å². The van der Waals surface area contributed by atoms with E-state index in [9.17, 15) is 13.6 Å². The number of carbonyl (C=O) groups is 1. The second-order valence-electron chi connectivity index (χ2n) is 2.40. The smallest absolute Gasteiger partial charge is 0.338 e. The molecule has 3 N–H and O–H groups in total. The predicted molar refractivity (Wildman–Crippen MR) is 45.6 cm³/mol. The molecule has 1 heterocycles. The Balaban J connectivity index is 3.45. The molecular formula is C7H5ClF2N2O2. The van der Waals surface area contributed by atoms with E-state index in [0.29, 0.717) is 6.20 Å². The molecular weight excluding hydrogens is 218 g/mol. The number of halogens is 3. The van der Waals surface area contributed by atoms with E-state index in [-0.39, 0.29) is 5.15 Å². The molecule has 0 fully saturated rings. The summed E-state index contributed by atoms with van der Waals surface area (Å²) >= 11 is 5.39. The normalized spacial score (nSPS) is 10.6. The fraction of sp³-hybridized carbons (Fsp3) is 0.143. The van der Waals surface area contributed by atoms with Crippen LogP contribution in [0.5, 0.6) is 0 Å². The predicted octanol–water partition coefficient (Wildman–Crippen LogP) is 1.95. The Morgan fingerprint density at radius 1 is 1.64 bits per heavy atom. The molecule has 14 heavy (non-hydrogen) atoms. The Bertz CT molecular complexity index is 384. The van der Waals surface area contributed by atoms with E-state index < -0.39 is 29.2 Å². The molecule has 0 amide bonds. The quantitative estimate of drug-likeness (QED) is 0.750. The molecule has 4 nitrogen and oxygen atoms in total. The van der Waals surface area contributed by atoms with Crippen LogP contribution < -0.4 is 5.73 Å². The molecule has 0 saturated carbocycles. The van der Waals surface area contributed by atoms with Crippen LogP contribution in [-0.4, -0.2) is 16.1 Å². The van der Waals surface area contributed by atoms with Crippen LogP contribution in [0, 0.1) is 0 Å². The summed E-state index contributed by atoms with van der Waals surface area (Å²) in [4.78, 5) is 13.9. The van der Waals surface area contributed by atoms with Gasteiger partial charge in [0.25, 0.3) is 6.43 Å². The molecule has 1 rings (SSSR count). The number of aromatic carboxylic acids is 1. The van der Waals surface area contributed by atoms with Gasteiger partial charge in [0.05, 0.1) is 16.8 Å². The molecule has 1 aromatic heterocycles. The van der Waals surface area contributed by atoms with Crippen molar-refractivity contribution in [3.05, 3.63) is 22.5 Å². The van der Waals surface area contributed by atoms with Crippen LogP contribution in [0.3, 0.4) is 0 Å². The lowest BCUT2D eigenvalue weighted by Gasteiger charge is -2.07. The van der Waals surface area contributed by atoms with Crippen LogP contribution >= 0.6 is 11.6 Å². The van der Waals surface area contributed by atoms with Crippen molar-refractivity contribution < 1.29 is 18.7 Å². The number of pyridine rings is 1. The second kappa shape index (κ2) is 3.75. The van der Waals surface area contributed by atoms with Gasteiger partial charge in [0, 0.05) is 6.20 Å². The van der Waals surface area contributed by atoms with Gasteiger partial charge in [-0.05, 0) is 0 Å². The number of rotatable bonds is 2. The topological polar surface area (TPSA) is 76.2 Å². The first-order valence-corrected chi connectivity index (χ1v) is 3.78. The Hall–Kier alpha value is -1.43. The van der Waals surface area contributed by atoms with Gasteiger partial charge in [-0.3, -0.25) is 0 Å². The Kier molecular flexibility index (Phi) is 2.85. The number of hydrogen-bond acceptors (Lipinski definition) is 3. The van der Waals surface area contributed by atoms with Gasteiger partial charge >= 0.3 is 5.97 Å². The molecule has 1 aromatic rings. The van der Waals surface area contributed by atoms with Gasteiger partial charge in [0.1, 0.15) is 0 Å². The molecule has 0 radical (unpaired) electrons. The molecule has 0 aliphatic rings. The van der Waals surface area contributed by atoms with Crippen molar-refractivity contribution in [3.8, 4) is 0 Å². The summed E-state index contributed by atoms with van der Waals surface area (Å²) in [7, 11) is 0. The zero-order valence-corrected chi connectivity index (χ0v) is 7.42. The maximum atomic E-state index is 12.3. The van der Waals surface area contributed by atoms with E-state index in [0.717, 1.165) is 0 Å². The highest BCUT2D eigenvalue weighted by Crippen LogP contribution is 2.29. The molecule has 0 aromatic carbocycles. The lowest BCUT2D eigenvalue weighted by molar-refractivity contribution is 0.0685. The summed E-state index contributed by atoms with van der Waals surface area (Å²) in [5, 5.41) is 8.32. The molecule has 0 saturated heterocycles. The molecule has 76 valence electrons. The summed E-state index contributed by atoms with van der Waals surface area (Å²) in [5.74, 6) is -1.55. The van der Waals surface area contributed by atoms with Gasteiger partial charge in [-0.15, -0.1) is 0 Å². The minimum atomic E-state index is -2.95. The van der Waals surface area contributed by atoms with Gasteiger partial charge < -0.3 is 10.8 Å². The summed E-state index contributed by atoms with van der Waals surface area (Å²) in [6.45, 7) is 0. The Labute approximate surface area is 82.3 Å². The third kappa shape index (κ3) is 1.74. The molecule has 0 spiro atoms. The molecule has 0 aliphatic heterocycles. The first-order chi connectivity index (χ1) is 6.45. The number of carboxylic acids is 1. The van der Waals surface area contributed by atoms with Crippen molar-refractivity contribution >= 4 is 23.3 Å². The molecule has 0 aliphatic carbocycles. The summed E-state index contributed by atoms with van der Waals surface area (Å²) in [5.41, 5.74) is 3.34. The minimum Gasteiger partial charge on any atom is -0.478 e. The average Bonchev–Trinajstić information content (AvgIpc) is 2.08. The number of anilines is 1. The third-order valence-corrected chi connectivity index (χ3v) is 1.85. The maximum Gasteiger partial charge on any atom is 0.338 e. The lowest BCUT2D eigenvalue weighted by Crippen LogP contribution is -2.09. The number of alkyl halides is 2. The van der Waals surface area contributed by atoms with Crippen LogP contribution in [0.15, 0.2) is 6.20 Å². The zero-order chi connectivity index (χ0) is 10.9. The third-order valence-electron chi connectivity index (χ3n) is 1.55. The van der Waals surface area contributed by atoms with Crippen LogP contribution in [0.1, 0.15) is 22.3 Å². The van der Waals surface area contributed by atoms with Crippen LogP contribution in [-0.2, 0) is 0 Å². The van der Waals surface area contributed by atoms with Crippen LogP contribution in [0.25, 0.3) is 0 Å². The summed E-state index contributed by atoms with van der Waals surface area (Å²) in [6, 6.07) is 0. The highest BCUT2D eigenvalue weighted by molar-refractivity contribution is 6.32. The van der Waals surface area contributed by atoms with E-state index in [1.54, 1.807) is 0 Å². The van der Waals surface area contributed by atoms with Crippen LogP contribution in [0.2, 0.25) is 5.15 Å². The molecule has 0 atom stereocenters. The van der Waals surface area contributed by atoms with Crippen LogP contribution in [0.4, 0.5) is 14.5 Å². The van der Waals surface area contributed by atoms with Gasteiger partial charge in [-0.1, -0.05) is 11.6 Å². The monoisotopic (exact) mass is 222 g/mol. The number of aromatic nitrogens is 1. The highest BCUT2D eigenvalue weighted by Gasteiger charge is 2.22. The SMILES string of the molecule is Nc1c(Cl)ncc(C(F)F)c1C(=O)O.